The Kier molecular flexibility index (Phi) is 2.59. The molecule has 0 saturated heterocycles. The van der Waals surface area contributed by atoms with Gasteiger partial charge in [-0.2, -0.15) is 5.10 Å². The average Bonchev–Trinajstić information content (AvgIpc) is 2.58. The molecule has 0 saturated carbocycles. The van der Waals surface area contributed by atoms with Crippen LogP contribution in [0.15, 0.2) is 23.6 Å². The molecule has 2 heterocycles. The van der Waals surface area contributed by atoms with Crippen LogP contribution in [0.5, 0.6) is 0 Å². The molecule has 2 aromatic heterocycles. The Bertz CT molecular complexity index is 479. The maximum Gasteiger partial charge on any atom is 0.187 e. The first-order chi connectivity index (χ1) is 7.20. The van der Waals surface area contributed by atoms with Gasteiger partial charge in [-0.05, 0) is 12.3 Å². The quantitative estimate of drug-likeness (QED) is 0.609. The minimum Gasteiger partial charge on any atom is -0.382 e. The predicted octanol–water partition coefficient (Wildman–Crippen LogP) is 1.18. The van der Waals surface area contributed by atoms with Gasteiger partial charge in [0.25, 0.3) is 0 Å². The van der Waals surface area contributed by atoms with Crippen LogP contribution in [-0.2, 0) is 7.05 Å². The van der Waals surface area contributed by atoms with Crippen LogP contribution in [-0.4, -0.2) is 26.0 Å². The highest BCUT2D eigenvalue weighted by Gasteiger charge is 2.08. The molecular formula is C9H11N5S. The number of aromatic nitrogens is 4. The average molecular weight is 221 g/mol. The molecule has 0 unspecified atom stereocenters. The zero-order valence-electron chi connectivity index (χ0n) is 8.51. The van der Waals surface area contributed by atoms with Crippen LogP contribution in [0.4, 0.5) is 5.82 Å². The molecule has 0 aliphatic heterocycles. The molecule has 5 nitrogen and oxygen atoms in total. The van der Waals surface area contributed by atoms with E-state index in [1.807, 2.05) is 25.6 Å². The van der Waals surface area contributed by atoms with Crippen molar-refractivity contribution in [2.24, 2.45) is 7.05 Å². The predicted molar refractivity (Wildman–Crippen MR) is 60.4 cm³/mol. The lowest BCUT2D eigenvalue weighted by atomic mass is 10.2. The maximum atomic E-state index is 5.77. The minimum absolute atomic E-state index is 0.489. The summed E-state index contributed by atoms with van der Waals surface area (Å²) in [6.07, 6.45) is 5.51. The van der Waals surface area contributed by atoms with Crippen LogP contribution < -0.4 is 5.73 Å². The van der Waals surface area contributed by atoms with E-state index in [4.69, 9.17) is 5.73 Å². The van der Waals surface area contributed by atoms with Gasteiger partial charge in [-0.3, -0.25) is 4.68 Å². The van der Waals surface area contributed by atoms with Crippen molar-refractivity contribution in [3.8, 4) is 11.3 Å². The normalized spacial score (nSPS) is 10.5. The number of thioether (sulfide) groups is 1. The SMILES string of the molecule is CSc1nccc(-c2cn(C)nc2N)n1. The fraction of sp³-hybridized carbons (Fsp3) is 0.222. The minimum atomic E-state index is 0.489. The van der Waals surface area contributed by atoms with E-state index in [-0.39, 0.29) is 0 Å². The van der Waals surface area contributed by atoms with Crippen molar-refractivity contribution in [2.75, 3.05) is 12.0 Å². The van der Waals surface area contributed by atoms with Crippen molar-refractivity contribution < 1.29 is 0 Å². The summed E-state index contributed by atoms with van der Waals surface area (Å²) in [5.74, 6) is 0.489. The van der Waals surface area contributed by atoms with Gasteiger partial charge >= 0.3 is 0 Å². The van der Waals surface area contributed by atoms with E-state index in [2.05, 4.69) is 15.1 Å². The van der Waals surface area contributed by atoms with Gasteiger partial charge in [0.05, 0.1) is 11.3 Å². The van der Waals surface area contributed by atoms with Crippen LogP contribution in [0, 0.1) is 0 Å². The number of nitrogen functional groups attached to an aromatic ring is 1. The van der Waals surface area contributed by atoms with Crippen molar-refractivity contribution in [3.63, 3.8) is 0 Å². The second kappa shape index (κ2) is 3.90. The summed E-state index contributed by atoms with van der Waals surface area (Å²) < 4.78 is 1.67. The fourth-order valence-electron chi connectivity index (χ4n) is 1.29. The highest BCUT2D eigenvalue weighted by molar-refractivity contribution is 7.98. The van der Waals surface area contributed by atoms with Crippen molar-refractivity contribution in [1.29, 1.82) is 0 Å². The largest absolute Gasteiger partial charge is 0.382 e. The molecule has 0 aromatic carbocycles. The van der Waals surface area contributed by atoms with E-state index in [0.717, 1.165) is 16.4 Å². The van der Waals surface area contributed by atoms with Crippen molar-refractivity contribution >= 4 is 17.6 Å². The highest BCUT2D eigenvalue weighted by atomic mass is 32.2. The summed E-state index contributed by atoms with van der Waals surface area (Å²) in [4.78, 5) is 8.46. The summed E-state index contributed by atoms with van der Waals surface area (Å²) in [5.41, 5.74) is 7.41. The molecule has 0 radical (unpaired) electrons. The summed E-state index contributed by atoms with van der Waals surface area (Å²) in [5, 5.41) is 4.80. The number of rotatable bonds is 2. The molecule has 0 fully saturated rings. The summed E-state index contributed by atoms with van der Waals surface area (Å²) in [6, 6.07) is 1.83. The molecule has 2 rings (SSSR count). The summed E-state index contributed by atoms with van der Waals surface area (Å²) >= 11 is 1.50. The lowest BCUT2D eigenvalue weighted by Crippen LogP contribution is -1.92. The Balaban J connectivity index is 2.49. The Morgan fingerprint density at radius 1 is 1.47 bits per heavy atom. The molecule has 0 aliphatic rings. The second-order valence-electron chi connectivity index (χ2n) is 3.03. The number of anilines is 1. The zero-order valence-corrected chi connectivity index (χ0v) is 9.32. The van der Waals surface area contributed by atoms with E-state index >= 15 is 0 Å². The van der Waals surface area contributed by atoms with Crippen molar-refractivity contribution in [1.82, 2.24) is 19.7 Å². The molecule has 0 spiro atoms. The van der Waals surface area contributed by atoms with E-state index in [9.17, 15) is 0 Å². The molecule has 0 atom stereocenters. The molecule has 78 valence electrons. The Hall–Kier alpha value is -1.56. The maximum absolute atomic E-state index is 5.77. The van der Waals surface area contributed by atoms with Crippen molar-refractivity contribution in [3.05, 3.63) is 18.5 Å². The zero-order chi connectivity index (χ0) is 10.8. The van der Waals surface area contributed by atoms with Crippen LogP contribution in [0.1, 0.15) is 0 Å². The number of nitrogens with zero attached hydrogens (tertiary/aromatic N) is 4. The van der Waals surface area contributed by atoms with Crippen LogP contribution in [0.25, 0.3) is 11.3 Å². The van der Waals surface area contributed by atoms with Crippen LogP contribution in [0.2, 0.25) is 0 Å². The summed E-state index contributed by atoms with van der Waals surface area (Å²) in [7, 11) is 1.83. The number of aryl methyl sites for hydroxylation is 1. The van der Waals surface area contributed by atoms with E-state index < -0.39 is 0 Å². The second-order valence-corrected chi connectivity index (χ2v) is 3.80. The smallest absolute Gasteiger partial charge is 0.187 e. The lowest BCUT2D eigenvalue weighted by molar-refractivity contribution is 0.772. The monoisotopic (exact) mass is 221 g/mol. The first kappa shape index (κ1) is 9.97. The van der Waals surface area contributed by atoms with Gasteiger partial charge in [0.2, 0.25) is 0 Å². The van der Waals surface area contributed by atoms with Gasteiger partial charge in [-0.1, -0.05) is 11.8 Å². The summed E-state index contributed by atoms with van der Waals surface area (Å²) in [6.45, 7) is 0. The molecular weight excluding hydrogens is 210 g/mol. The highest BCUT2D eigenvalue weighted by Crippen LogP contribution is 2.23. The van der Waals surface area contributed by atoms with Gasteiger partial charge in [0.15, 0.2) is 11.0 Å². The van der Waals surface area contributed by atoms with Gasteiger partial charge in [0.1, 0.15) is 0 Å². The number of hydrogen-bond donors (Lipinski definition) is 1. The third-order valence-electron chi connectivity index (χ3n) is 1.95. The van der Waals surface area contributed by atoms with Gasteiger partial charge in [-0.15, -0.1) is 0 Å². The Labute approximate surface area is 91.7 Å². The fourth-order valence-corrected chi connectivity index (χ4v) is 1.65. The molecule has 2 N–H and O–H groups in total. The third kappa shape index (κ3) is 1.94. The van der Waals surface area contributed by atoms with Gasteiger partial charge in [-0.25, -0.2) is 9.97 Å². The van der Waals surface area contributed by atoms with Crippen molar-refractivity contribution in [2.45, 2.75) is 5.16 Å². The van der Waals surface area contributed by atoms with Gasteiger partial charge < -0.3 is 5.73 Å². The molecule has 15 heavy (non-hydrogen) atoms. The molecule has 0 amide bonds. The van der Waals surface area contributed by atoms with E-state index in [1.165, 1.54) is 11.8 Å². The molecule has 6 heteroatoms. The van der Waals surface area contributed by atoms with E-state index in [1.54, 1.807) is 10.9 Å². The van der Waals surface area contributed by atoms with E-state index in [0.29, 0.717) is 5.82 Å². The topological polar surface area (TPSA) is 69.6 Å². The standard InChI is InChI=1S/C9H11N5S/c1-14-5-6(8(10)13-14)7-3-4-11-9(12-7)15-2/h3-5H,1-2H3,(H2,10,13). The van der Waals surface area contributed by atoms with Gasteiger partial charge in [0, 0.05) is 19.4 Å². The van der Waals surface area contributed by atoms with Crippen LogP contribution >= 0.6 is 11.8 Å². The Morgan fingerprint density at radius 3 is 2.87 bits per heavy atom. The number of hydrogen-bond acceptors (Lipinski definition) is 5. The van der Waals surface area contributed by atoms with Crippen LogP contribution in [0.3, 0.4) is 0 Å². The Morgan fingerprint density at radius 2 is 2.27 bits per heavy atom. The molecule has 0 aliphatic carbocycles. The number of nitrogens with two attached hydrogens (primary N) is 1. The molecule has 0 bridgehead atoms. The lowest BCUT2D eigenvalue weighted by Gasteiger charge is -1.99. The first-order valence-electron chi connectivity index (χ1n) is 4.37. The first-order valence-corrected chi connectivity index (χ1v) is 5.59. The molecule has 2 aromatic rings. The third-order valence-corrected chi connectivity index (χ3v) is 2.51.